The zero-order chi connectivity index (χ0) is 26.6. The normalized spacial score (nSPS) is 12.4. The highest BCUT2D eigenvalue weighted by Gasteiger charge is 2.32. The van der Waals surface area contributed by atoms with Gasteiger partial charge in [0, 0.05) is 18.6 Å². The quantitative estimate of drug-likeness (QED) is 0.472. The minimum Gasteiger partial charge on any atom is -0.493 e. The number of ether oxygens (including phenoxy) is 1. The molecule has 7 nitrogen and oxygen atoms in total. The van der Waals surface area contributed by atoms with Crippen LogP contribution < -0.4 is 14.2 Å². The summed E-state index contributed by atoms with van der Waals surface area (Å²) in [5.41, 5.74) is -1.03. The molecule has 0 bridgehead atoms. The van der Waals surface area contributed by atoms with Crippen LogP contribution in [0.25, 0.3) is 0 Å². The van der Waals surface area contributed by atoms with Crippen LogP contribution >= 0.6 is 0 Å². The molecule has 2 rings (SSSR count). The van der Waals surface area contributed by atoms with E-state index in [4.69, 9.17) is 8.92 Å². The Hall–Kier alpha value is -2.95. The van der Waals surface area contributed by atoms with E-state index in [1.165, 1.54) is 19.2 Å². The second-order valence-corrected chi connectivity index (χ2v) is 11.0. The number of nitrogens with zero attached hydrogens (tertiary/aromatic N) is 1. The van der Waals surface area contributed by atoms with Gasteiger partial charge in [0.15, 0.2) is 11.5 Å². The number of benzene rings is 2. The van der Waals surface area contributed by atoms with Gasteiger partial charge in [0.1, 0.15) is 4.90 Å². The maximum absolute atomic E-state index is 13.0. The molecule has 0 unspecified atom stereocenters. The molecule has 0 spiro atoms. The fourth-order valence-corrected chi connectivity index (χ4v) is 4.14. The summed E-state index contributed by atoms with van der Waals surface area (Å²) < 4.78 is 75.0. The summed E-state index contributed by atoms with van der Waals surface area (Å²) in [5.74, 6) is 0.0259. The van der Waals surface area contributed by atoms with Gasteiger partial charge in [0.25, 0.3) is 0 Å². The van der Waals surface area contributed by atoms with Crippen LogP contribution in [0, 0.1) is 5.92 Å². The number of hydrogen-bond donors (Lipinski definition) is 1. The molecule has 2 amide bonds. The van der Waals surface area contributed by atoms with Crippen molar-refractivity contribution < 1.29 is 35.3 Å². The Morgan fingerprint density at radius 2 is 1.71 bits per heavy atom. The molecule has 0 saturated heterocycles. The first-order valence-corrected chi connectivity index (χ1v) is 12.3. The van der Waals surface area contributed by atoms with Crippen LogP contribution in [0.4, 0.5) is 18.0 Å². The highest BCUT2D eigenvalue weighted by Crippen LogP contribution is 2.34. The molecule has 194 valence electrons. The average molecular weight is 517 g/mol. The fraction of sp³-hybridized carbons (Fsp3) is 0.458. The maximum atomic E-state index is 13.0. The summed E-state index contributed by atoms with van der Waals surface area (Å²) in [6, 6.07) is 7.51. The van der Waals surface area contributed by atoms with Gasteiger partial charge >= 0.3 is 22.3 Å². The smallest absolute Gasteiger partial charge is 0.416 e. The third kappa shape index (κ3) is 8.34. The van der Waals surface area contributed by atoms with E-state index >= 15 is 0 Å². The predicted molar refractivity (Wildman–Crippen MR) is 126 cm³/mol. The van der Waals surface area contributed by atoms with Crippen molar-refractivity contribution in [3.63, 3.8) is 0 Å². The third-order valence-corrected chi connectivity index (χ3v) is 5.84. The number of nitrogens with one attached hydrogen (secondary N) is 1. The van der Waals surface area contributed by atoms with Gasteiger partial charge in [0.2, 0.25) is 0 Å². The lowest BCUT2D eigenvalue weighted by molar-refractivity contribution is -0.137. The summed E-state index contributed by atoms with van der Waals surface area (Å²) in [7, 11) is -3.30. The van der Waals surface area contributed by atoms with Crippen molar-refractivity contribution in [1.82, 2.24) is 10.2 Å². The van der Waals surface area contributed by atoms with Crippen LogP contribution in [0.5, 0.6) is 11.5 Å². The van der Waals surface area contributed by atoms with Crippen molar-refractivity contribution in [2.45, 2.75) is 57.8 Å². The number of rotatable bonds is 8. The number of carbonyl (C=O) groups is 1. The second-order valence-electron chi connectivity index (χ2n) is 9.50. The van der Waals surface area contributed by atoms with Crippen molar-refractivity contribution in [3.8, 4) is 11.5 Å². The largest absolute Gasteiger partial charge is 0.493 e. The molecular formula is C24H31F3N2O5S. The van der Waals surface area contributed by atoms with E-state index in [1.54, 1.807) is 11.0 Å². The van der Waals surface area contributed by atoms with Gasteiger partial charge in [-0.2, -0.15) is 21.6 Å². The molecule has 0 aliphatic carbocycles. The topological polar surface area (TPSA) is 84.9 Å². The molecule has 0 saturated carbocycles. The Kier molecular flexibility index (Phi) is 8.70. The predicted octanol–water partition coefficient (Wildman–Crippen LogP) is 5.45. The first-order chi connectivity index (χ1) is 16.0. The van der Waals surface area contributed by atoms with Crippen molar-refractivity contribution in [1.29, 1.82) is 0 Å². The Morgan fingerprint density at radius 3 is 2.26 bits per heavy atom. The van der Waals surface area contributed by atoms with Crippen LogP contribution in [0.1, 0.15) is 45.7 Å². The number of hydrogen-bond acceptors (Lipinski definition) is 5. The monoisotopic (exact) mass is 516 g/mol. The fourth-order valence-electron chi connectivity index (χ4n) is 3.16. The summed E-state index contributed by atoms with van der Waals surface area (Å²) in [4.78, 5) is 13.7. The number of urea groups is 1. The van der Waals surface area contributed by atoms with E-state index in [1.807, 2.05) is 34.6 Å². The van der Waals surface area contributed by atoms with Crippen molar-refractivity contribution in [2.24, 2.45) is 5.92 Å². The van der Waals surface area contributed by atoms with Crippen LogP contribution in [-0.4, -0.2) is 38.5 Å². The number of methoxy groups -OCH3 is 1. The van der Waals surface area contributed by atoms with Crippen LogP contribution in [0.3, 0.4) is 0 Å². The average Bonchev–Trinajstić information content (AvgIpc) is 2.71. The van der Waals surface area contributed by atoms with E-state index in [2.05, 4.69) is 5.32 Å². The number of alkyl halides is 3. The van der Waals surface area contributed by atoms with Crippen molar-refractivity contribution >= 4 is 16.1 Å². The second kappa shape index (κ2) is 10.8. The summed E-state index contributed by atoms with van der Waals surface area (Å²) >= 11 is 0. The SMILES string of the molecule is COc1ccc(CN(CC(C)C)C(=O)NC(C)(C)C)cc1OS(=O)(=O)c1cccc(C(F)(F)F)c1. The Balaban J connectivity index is 2.37. The maximum Gasteiger partial charge on any atom is 0.416 e. The lowest BCUT2D eigenvalue weighted by atomic mass is 10.1. The Labute approximate surface area is 204 Å². The van der Waals surface area contributed by atoms with Crippen molar-refractivity contribution in [2.75, 3.05) is 13.7 Å². The van der Waals surface area contributed by atoms with Crippen LogP contribution in [-0.2, 0) is 22.8 Å². The summed E-state index contributed by atoms with van der Waals surface area (Å²) in [5, 5.41) is 2.90. The molecule has 1 N–H and O–H groups in total. The van der Waals surface area contributed by atoms with Gasteiger partial charge in [0.05, 0.1) is 12.7 Å². The third-order valence-electron chi connectivity index (χ3n) is 4.61. The molecule has 2 aromatic rings. The number of carbonyl (C=O) groups excluding carboxylic acids is 1. The standard InChI is InChI=1S/C24H31F3N2O5S/c1-16(2)14-29(22(30)28-23(3,4)5)15-17-10-11-20(33-6)21(12-17)34-35(31,32)19-9-7-8-18(13-19)24(25,26)27/h7-13,16H,14-15H2,1-6H3,(H,28,30). The molecule has 0 aliphatic rings. The molecule has 0 heterocycles. The minimum atomic E-state index is -4.71. The van der Waals surface area contributed by atoms with Crippen molar-refractivity contribution in [3.05, 3.63) is 53.6 Å². The van der Waals surface area contributed by atoms with Crippen LogP contribution in [0.2, 0.25) is 0 Å². The lowest BCUT2D eigenvalue weighted by Crippen LogP contribution is -2.49. The van der Waals surface area contributed by atoms with Gasteiger partial charge in [-0.05, 0) is 62.6 Å². The van der Waals surface area contributed by atoms with Gasteiger partial charge in [-0.3, -0.25) is 0 Å². The molecule has 0 radical (unpaired) electrons. The van der Waals surface area contributed by atoms with E-state index in [-0.39, 0.29) is 30.0 Å². The van der Waals surface area contributed by atoms with E-state index in [9.17, 15) is 26.4 Å². The molecule has 35 heavy (non-hydrogen) atoms. The molecular weight excluding hydrogens is 485 g/mol. The first kappa shape index (κ1) is 28.3. The van der Waals surface area contributed by atoms with Gasteiger partial charge in [-0.25, -0.2) is 4.79 Å². The zero-order valence-electron chi connectivity index (χ0n) is 20.6. The number of amides is 2. The summed E-state index contributed by atoms with van der Waals surface area (Å²) in [6.07, 6.45) is -4.71. The molecule has 0 atom stereocenters. The number of halogens is 3. The van der Waals surface area contributed by atoms with Crippen LogP contribution in [0.15, 0.2) is 47.4 Å². The molecule has 11 heteroatoms. The minimum absolute atomic E-state index is 0.0684. The summed E-state index contributed by atoms with van der Waals surface area (Å²) in [6.45, 7) is 10.1. The zero-order valence-corrected chi connectivity index (χ0v) is 21.4. The Bertz CT molecular complexity index is 1140. The van der Waals surface area contributed by atoms with Gasteiger partial charge in [-0.15, -0.1) is 0 Å². The highest BCUT2D eigenvalue weighted by atomic mass is 32.2. The molecule has 0 fully saturated rings. The van der Waals surface area contributed by atoms with E-state index in [0.717, 1.165) is 18.2 Å². The Morgan fingerprint density at radius 1 is 1.06 bits per heavy atom. The first-order valence-electron chi connectivity index (χ1n) is 10.9. The van der Waals surface area contributed by atoms with E-state index < -0.39 is 32.3 Å². The lowest BCUT2D eigenvalue weighted by Gasteiger charge is -2.30. The van der Waals surface area contributed by atoms with Gasteiger partial charge in [-0.1, -0.05) is 26.0 Å². The molecule has 2 aromatic carbocycles. The molecule has 0 aliphatic heterocycles. The highest BCUT2D eigenvalue weighted by molar-refractivity contribution is 7.87. The van der Waals surface area contributed by atoms with Gasteiger partial charge < -0.3 is 19.1 Å². The van der Waals surface area contributed by atoms with E-state index in [0.29, 0.717) is 18.2 Å². The molecule has 0 aromatic heterocycles.